The number of nitrogens with zero attached hydrogens (tertiary/aromatic N) is 2. The van der Waals surface area contributed by atoms with Gasteiger partial charge in [-0.1, -0.05) is 47.1 Å². The number of hydrogen-bond acceptors (Lipinski definition) is 5. The predicted octanol–water partition coefficient (Wildman–Crippen LogP) is 3.84. The second kappa shape index (κ2) is 8.85. The second-order valence-corrected chi connectivity index (χ2v) is 9.46. The normalized spacial score (nSPS) is 13.2. The van der Waals surface area contributed by atoms with Crippen LogP contribution >= 0.6 is 11.6 Å². The summed E-state index contributed by atoms with van der Waals surface area (Å²) in [4.78, 5) is 11.9. The van der Waals surface area contributed by atoms with Gasteiger partial charge in [0.25, 0.3) is 0 Å². The van der Waals surface area contributed by atoms with Gasteiger partial charge in [0.1, 0.15) is 0 Å². The molecule has 8 heteroatoms. The van der Waals surface area contributed by atoms with Gasteiger partial charge in [0.05, 0.1) is 10.6 Å². The summed E-state index contributed by atoms with van der Waals surface area (Å²) < 4.78 is 25.0. The highest BCUT2D eigenvalue weighted by Gasteiger charge is 2.22. The fourth-order valence-corrected chi connectivity index (χ4v) is 4.18. The van der Waals surface area contributed by atoms with Crippen LogP contribution in [0.15, 0.2) is 81.7 Å². The standard InChI is InChI=1S/C22H21ClN2O4S/c1-25-14-16(9-12-22(25)26)21(24-27)13-19(18-5-3-4-6-20(18)23)15-7-10-17(11-8-15)30(2,28)29/h3-12,14,19,27H,13H2,1-2H3. The SMILES string of the molecule is Cn1cc(C(CC(c2ccc(S(C)(=O)=O)cc2)c2ccccc2Cl)=NO)ccc1=O. The summed E-state index contributed by atoms with van der Waals surface area (Å²) in [7, 11) is -1.70. The monoisotopic (exact) mass is 444 g/mol. The van der Waals surface area contributed by atoms with Crippen LogP contribution in [-0.2, 0) is 16.9 Å². The molecule has 156 valence electrons. The van der Waals surface area contributed by atoms with E-state index in [1.54, 1.807) is 49.6 Å². The third-order valence-electron chi connectivity index (χ3n) is 4.93. The first-order valence-corrected chi connectivity index (χ1v) is 11.4. The van der Waals surface area contributed by atoms with Crippen molar-refractivity contribution in [2.75, 3.05) is 6.26 Å². The number of pyridine rings is 1. The molecule has 0 saturated carbocycles. The third kappa shape index (κ3) is 4.80. The highest BCUT2D eigenvalue weighted by atomic mass is 35.5. The molecule has 3 aromatic rings. The lowest BCUT2D eigenvalue weighted by Crippen LogP contribution is -2.18. The number of sulfone groups is 1. The summed E-state index contributed by atoms with van der Waals surface area (Å²) in [6.45, 7) is 0. The van der Waals surface area contributed by atoms with E-state index in [2.05, 4.69) is 5.16 Å². The molecular weight excluding hydrogens is 424 g/mol. The smallest absolute Gasteiger partial charge is 0.250 e. The Balaban J connectivity index is 2.07. The first-order valence-electron chi connectivity index (χ1n) is 9.13. The maximum Gasteiger partial charge on any atom is 0.250 e. The molecule has 6 nitrogen and oxygen atoms in total. The van der Waals surface area contributed by atoms with Gasteiger partial charge in [-0.3, -0.25) is 4.79 Å². The molecule has 0 spiro atoms. The molecule has 0 bridgehead atoms. The summed E-state index contributed by atoms with van der Waals surface area (Å²) in [5.74, 6) is -0.296. The zero-order chi connectivity index (χ0) is 21.9. The van der Waals surface area contributed by atoms with E-state index in [9.17, 15) is 18.4 Å². The van der Waals surface area contributed by atoms with Gasteiger partial charge in [0.15, 0.2) is 9.84 Å². The van der Waals surface area contributed by atoms with Crippen LogP contribution in [0.1, 0.15) is 29.0 Å². The van der Waals surface area contributed by atoms with Crippen molar-refractivity contribution in [3.63, 3.8) is 0 Å². The Morgan fingerprint density at radius 3 is 2.33 bits per heavy atom. The zero-order valence-corrected chi connectivity index (χ0v) is 18.1. The van der Waals surface area contributed by atoms with Crippen LogP contribution in [-0.4, -0.2) is 30.2 Å². The maximum absolute atomic E-state index is 11.8. The van der Waals surface area contributed by atoms with E-state index in [4.69, 9.17) is 11.6 Å². The molecule has 0 amide bonds. The van der Waals surface area contributed by atoms with Gasteiger partial charge < -0.3 is 9.77 Å². The van der Waals surface area contributed by atoms with Crippen LogP contribution in [0.2, 0.25) is 5.02 Å². The minimum Gasteiger partial charge on any atom is -0.411 e. The van der Waals surface area contributed by atoms with Crippen molar-refractivity contribution in [2.24, 2.45) is 12.2 Å². The first kappa shape index (κ1) is 21.8. The van der Waals surface area contributed by atoms with Gasteiger partial charge in [-0.15, -0.1) is 0 Å². The molecule has 1 atom stereocenters. The molecule has 1 N–H and O–H groups in total. The molecule has 1 unspecified atom stereocenters. The Labute approximate surface area is 180 Å². The van der Waals surface area contributed by atoms with Gasteiger partial charge >= 0.3 is 0 Å². The molecule has 30 heavy (non-hydrogen) atoms. The Kier molecular flexibility index (Phi) is 6.43. The van der Waals surface area contributed by atoms with Crippen molar-refractivity contribution in [1.82, 2.24) is 4.57 Å². The van der Waals surface area contributed by atoms with Crippen molar-refractivity contribution in [2.45, 2.75) is 17.2 Å². The van der Waals surface area contributed by atoms with Crippen LogP contribution in [0.3, 0.4) is 0 Å². The average Bonchev–Trinajstić information content (AvgIpc) is 2.71. The summed E-state index contributed by atoms with van der Waals surface area (Å²) >= 11 is 6.45. The van der Waals surface area contributed by atoms with Crippen LogP contribution in [0.5, 0.6) is 0 Å². The summed E-state index contributed by atoms with van der Waals surface area (Å²) in [5, 5.41) is 13.7. The molecule has 3 rings (SSSR count). The van der Waals surface area contributed by atoms with Crippen LogP contribution < -0.4 is 5.56 Å². The van der Waals surface area contributed by atoms with Crippen LogP contribution in [0, 0.1) is 0 Å². The van der Waals surface area contributed by atoms with Crippen LogP contribution in [0.4, 0.5) is 0 Å². The van der Waals surface area contributed by atoms with E-state index in [0.29, 0.717) is 16.3 Å². The summed E-state index contributed by atoms with van der Waals surface area (Å²) in [6, 6.07) is 16.9. The quantitative estimate of drug-likeness (QED) is 0.355. The van der Waals surface area contributed by atoms with Crippen molar-refractivity contribution >= 4 is 27.1 Å². The van der Waals surface area contributed by atoms with Gasteiger partial charge in [0.2, 0.25) is 5.56 Å². The van der Waals surface area contributed by atoms with E-state index in [0.717, 1.165) is 17.4 Å². The van der Waals surface area contributed by atoms with E-state index >= 15 is 0 Å². The molecule has 0 radical (unpaired) electrons. The number of benzene rings is 2. The van der Waals surface area contributed by atoms with Crippen molar-refractivity contribution < 1.29 is 13.6 Å². The first-order chi connectivity index (χ1) is 14.2. The number of aryl methyl sites for hydroxylation is 1. The fourth-order valence-electron chi connectivity index (χ4n) is 3.29. The molecule has 0 aliphatic carbocycles. The zero-order valence-electron chi connectivity index (χ0n) is 16.5. The molecule has 2 aromatic carbocycles. The molecule has 0 aliphatic rings. The van der Waals surface area contributed by atoms with E-state index < -0.39 is 9.84 Å². The maximum atomic E-state index is 11.8. The Hall–Kier alpha value is -2.90. The molecule has 1 aromatic heterocycles. The highest BCUT2D eigenvalue weighted by molar-refractivity contribution is 7.90. The van der Waals surface area contributed by atoms with Crippen molar-refractivity contribution in [3.05, 3.63) is 98.9 Å². The molecular formula is C22H21ClN2O4S. The lowest BCUT2D eigenvalue weighted by molar-refractivity contribution is 0.317. The molecule has 0 aliphatic heterocycles. The average molecular weight is 445 g/mol. The topological polar surface area (TPSA) is 88.7 Å². The number of rotatable bonds is 6. The van der Waals surface area contributed by atoms with Gasteiger partial charge in [-0.05, 0) is 35.4 Å². The minimum absolute atomic E-state index is 0.171. The molecule has 1 heterocycles. The van der Waals surface area contributed by atoms with E-state index in [-0.39, 0.29) is 22.8 Å². The third-order valence-corrected chi connectivity index (χ3v) is 6.40. The summed E-state index contributed by atoms with van der Waals surface area (Å²) in [5.41, 5.74) is 2.45. The minimum atomic E-state index is -3.32. The second-order valence-electron chi connectivity index (χ2n) is 7.03. The number of oxime groups is 1. The van der Waals surface area contributed by atoms with Gasteiger partial charge in [-0.25, -0.2) is 8.42 Å². The van der Waals surface area contributed by atoms with Crippen molar-refractivity contribution in [1.29, 1.82) is 0 Å². The predicted molar refractivity (Wildman–Crippen MR) is 117 cm³/mol. The van der Waals surface area contributed by atoms with E-state index in [1.165, 1.54) is 10.6 Å². The Morgan fingerprint density at radius 2 is 1.77 bits per heavy atom. The fraction of sp³-hybridized carbons (Fsp3) is 0.182. The number of aromatic nitrogens is 1. The summed E-state index contributed by atoms with van der Waals surface area (Å²) in [6.07, 6.45) is 3.05. The van der Waals surface area contributed by atoms with E-state index in [1.807, 2.05) is 18.2 Å². The largest absolute Gasteiger partial charge is 0.411 e. The van der Waals surface area contributed by atoms with Gasteiger partial charge in [-0.2, -0.15) is 0 Å². The number of halogens is 1. The Morgan fingerprint density at radius 1 is 1.10 bits per heavy atom. The lowest BCUT2D eigenvalue weighted by atomic mass is 9.85. The Bertz CT molecular complexity index is 1250. The van der Waals surface area contributed by atoms with Crippen molar-refractivity contribution in [3.8, 4) is 0 Å². The molecule has 0 fully saturated rings. The highest BCUT2D eigenvalue weighted by Crippen LogP contribution is 2.34. The number of hydrogen-bond donors (Lipinski definition) is 1. The molecule has 0 saturated heterocycles. The lowest BCUT2D eigenvalue weighted by Gasteiger charge is -2.20. The van der Waals surface area contributed by atoms with Gasteiger partial charge in [0, 0.05) is 48.5 Å². The van der Waals surface area contributed by atoms with Crippen LogP contribution in [0.25, 0.3) is 0 Å².